The zero-order valence-electron chi connectivity index (χ0n) is 18.2. The number of nitrogens with zero attached hydrogens (tertiary/aromatic N) is 2. The molecule has 0 N–H and O–H groups in total. The largest absolute Gasteiger partial charge is 0.392 e. The highest BCUT2D eigenvalue weighted by Gasteiger charge is 2.62. The second kappa shape index (κ2) is 5.99. The first-order valence-corrected chi connectivity index (χ1v) is 15.4. The molecule has 1 aliphatic heterocycles. The van der Waals surface area contributed by atoms with Crippen LogP contribution in [0.15, 0.2) is 24.3 Å². The molecular formula is C22H34N2Si2. The van der Waals surface area contributed by atoms with Crippen LogP contribution in [0.25, 0.3) is 0 Å². The number of rotatable bonds is 2. The minimum atomic E-state index is -1.76. The van der Waals surface area contributed by atoms with Crippen molar-refractivity contribution >= 4 is 28.2 Å². The normalized spacial score (nSPS) is 18.1. The highest BCUT2D eigenvalue weighted by atomic mass is 28.5. The van der Waals surface area contributed by atoms with Crippen molar-refractivity contribution < 1.29 is 0 Å². The molecule has 1 saturated heterocycles. The van der Waals surface area contributed by atoms with Crippen LogP contribution in [0, 0.1) is 41.5 Å². The average molecular weight is 383 g/mol. The van der Waals surface area contributed by atoms with Crippen molar-refractivity contribution in [1.82, 2.24) is 0 Å². The summed E-state index contributed by atoms with van der Waals surface area (Å²) in [5, 5.41) is 0. The van der Waals surface area contributed by atoms with E-state index >= 15 is 0 Å². The van der Waals surface area contributed by atoms with Crippen LogP contribution < -0.4 is 8.46 Å². The Hall–Kier alpha value is -1.53. The fourth-order valence-electron chi connectivity index (χ4n) is 5.64. The van der Waals surface area contributed by atoms with Crippen LogP contribution in [0.1, 0.15) is 33.4 Å². The van der Waals surface area contributed by atoms with E-state index in [-0.39, 0.29) is 0 Å². The summed E-state index contributed by atoms with van der Waals surface area (Å²) in [6, 6.07) is 9.40. The van der Waals surface area contributed by atoms with Gasteiger partial charge in [-0.15, -0.1) is 0 Å². The van der Waals surface area contributed by atoms with Gasteiger partial charge in [0.05, 0.1) is 0 Å². The van der Waals surface area contributed by atoms with Crippen LogP contribution >= 0.6 is 0 Å². The molecule has 140 valence electrons. The molecule has 0 unspecified atom stereocenters. The first-order valence-electron chi connectivity index (χ1n) is 9.65. The summed E-state index contributed by atoms with van der Waals surface area (Å²) in [6.45, 7) is 23.6. The van der Waals surface area contributed by atoms with Crippen molar-refractivity contribution in [3.8, 4) is 0 Å². The van der Waals surface area contributed by atoms with Gasteiger partial charge >= 0.3 is 0 Å². The predicted molar refractivity (Wildman–Crippen MR) is 121 cm³/mol. The minimum Gasteiger partial charge on any atom is -0.392 e. The van der Waals surface area contributed by atoms with E-state index in [0.717, 1.165) is 0 Å². The van der Waals surface area contributed by atoms with Crippen molar-refractivity contribution in [2.24, 2.45) is 0 Å². The van der Waals surface area contributed by atoms with Crippen LogP contribution in [-0.4, -0.2) is 16.8 Å². The molecule has 0 aliphatic carbocycles. The van der Waals surface area contributed by atoms with E-state index in [1.54, 1.807) is 0 Å². The van der Waals surface area contributed by atoms with Gasteiger partial charge in [0.25, 0.3) is 0 Å². The smallest absolute Gasteiger partial charge is 0.244 e. The zero-order valence-corrected chi connectivity index (χ0v) is 20.2. The molecule has 1 aliphatic rings. The van der Waals surface area contributed by atoms with Crippen molar-refractivity contribution in [2.45, 2.75) is 67.7 Å². The molecule has 3 rings (SSSR count). The molecule has 0 aromatic heterocycles. The molecule has 1 fully saturated rings. The monoisotopic (exact) mass is 382 g/mol. The Labute approximate surface area is 162 Å². The van der Waals surface area contributed by atoms with E-state index in [1.165, 1.54) is 44.8 Å². The van der Waals surface area contributed by atoms with Crippen molar-refractivity contribution in [1.29, 1.82) is 0 Å². The van der Waals surface area contributed by atoms with Crippen LogP contribution in [-0.2, 0) is 0 Å². The molecule has 0 bridgehead atoms. The van der Waals surface area contributed by atoms with Gasteiger partial charge in [0, 0.05) is 11.4 Å². The number of hydrogen-bond donors (Lipinski definition) is 0. The van der Waals surface area contributed by atoms with E-state index < -0.39 is 16.8 Å². The molecule has 0 atom stereocenters. The Morgan fingerprint density at radius 1 is 0.500 bits per heavy atom. The first kappa shape index (κ1) is 19.2. The third-order valence-electron chi connectivity index (χ3n) is 5.91. The van der Waals surface area contributed by atoms with Gasteiger partial charge in [-0.3, -0.25) is 0 Å². The Balaban J connectivity index is 2.16. The topological polar surface area (TPSA) is 6.48 Å². The van der Waals surface area contributed by atoms with Gasteiger partial charge in [0.1, 0.15) is 0 Å². The van der Waals surface area contributed by atoms with Crippen molar-refractivity contribution in [3.63, 3.8) is 0 Å². The molecule has 0 saturated carbocycles. The molecule has 0 amide bonds. The second-order valence-corrected chi connectivity index (χ2v) is 17.8. The summed E-state index contributed by atoms with van der Waals surface area (Å²) in [7, 11) is -3.52. The molecule has 0 radical (unpaired) electrons. The van der Waals surface area contributed by atoms with E-state index in [0.29, 0.717) is 0 Å². The van der Waals surface area contributed by atoms with Gasteiger partial charge in [-0.2, -0.15) is 0 Å². The summed E-state index contributed by atoms with van der Waals surface area (Å²) >= 11 is 0. The Kier molecular flexibility index (Phi) is 4.44. The molecule has 4 heteroatoms. The zero-order chi connectivity index (χ0) is 19.6. The fourth-order valence-corrected chi connectivity index (χ4v) is 20.9. The van der Waals surface area contributed by atoms with Gasteiger partial charge < -0.3 is 8.46 Å². The number of aryl methyl sites for hydroxylation is 6. The van der Waals surface area contributed by atoms with Gasteiger partial charge in [-0.25, -0.2) is 0 Å². The summed E-state index contributed by atoms with van der Waals surface area (Å²) < 4.78 is 5.76. The van der Waals surface area contributed by atoms with Gasteiger partial charge in [-0.1, -0.05) is 35.4 Å². The minimum absolute atomic E-state index is 1.37. The second-order valence-electron chi connectivity index (χ2n) is 9.15. The Morgan fingerprint density at radius 2 is 0.731 bits per heavy atom. The van der Waals surface area contributed by atoms with Crippen LogP contribution in [0.5, 0.6) is 0 Å². The maximum absolute atomic E-state index is 2.88. The first-order chi connectivity index (χ1) is 11.9. The van der Waals surface area contributed by atoms with Crippen molar-refractivity contribution in [2.75, 3.05) is 8.46 Å². The Morgan fingerprint density at radius 3 is 0.962 bits per heavy atom. The Bertz CT molecular complexity index is 752. The summed E-state index contributed by atoms with van der Waals surface area (Å²) in [5.41, 5.74) is 11.5. The third-order valence-corrected chi connectivity index (χ3v) is 17.7. The molecule has 2 aromatic carbocycles. The molecule has 2 aromatic rings. The highest BCUT2D eigenvalue weighted by molar-refractivity contribution is 7.20. The van der Waals surface area contributed by atoms with Gasteiger partial charge in [0.15, 0.2) is 0 Å². The number of benzene rings is 2. The molecule has 1 heterocycles. The molecule has 2 nitrogen and oxygen atoms in total. The van der Waals surface area contributed by atoms with E-state index in [1.807, 2.05) is 0 Å². The summed E-state index contributed by atoms with van der Waals surface area (Å²) in [6.07, 6.45) is 0. The SMILES string of the molecule is Cc1cc(C)c(N2[Si](C)(C)N(c3c(C)cc(C)cc3C)[Si]2(C)C)c(C)c1. The van der Waals surface area contributed by atoms with E-state index in [2.05, 4.69) is 100 Å². The predicted octanol–water partition coefficient (Wildman–Crippen LogP) is 6.27. The lowest BCUT2D eigenvalue weighted by molar-refractivity contribution is 1.10. The van der Waals surface area contributed by atoms with Crippen molar-refractivity contribution in [3.05, 3.63) is 57.6 Å². The highest BCUT2D eigenvalue weighted by Crippen LogP contribution is 2.49. The lowest BCUT2D eigenvalue weighted by atomic mass is 10.1. The fraction of sp³-hybridized carbons (Fsp3) is 0.455. The molecular weight excluding hydrogens is 348 g/mol. The number of hydrogen-bond acceptors (Lipinski definition) is 2. The molecule has 26 heavy (non-hydrogen) atoms. The van der Waals surface area contributed by atoms with Crippen LogP contribution in [0.3, 0.4) is 0 Å². The average Bonchev–Trinajstić information content (AvgIpc) is 2.45. The van der Waals surface area contributed by atoms with E-state index in [9.17, 15) is 0 Å². The van der Waals surface area contributed by atoms with Crippen LogP contribution in [0.2, 0.25) is 26.2 Å². The number of anilines is 2. The van der Waals surface area contributed by atoms with Gasteiger partial charge in [0.2, 0.25) is 16.8 Å². The van der Waals surface area contributed by atoms with Crippen LogP contribution in [0.4, 0.5) is 11.4 Å². The maximum Gasteiger partial charge on any atom is 0.244 e. The summed E-state index contributed by atoms with van der Waals surface area (Å²) in [5.74, 6) is 0. The summed E-state index contributed by atoms with van der Waals surface area (Å²) in [4.78, 5) is 0. The molecule has 0 spiro atoms. The lowest BCUT2D eigenvalue weighted by Gasteiger charge is -2.70. The maximum atomic E-state index is 2.88. The quantitative estimate of drug-likeness (QED) is 0.565. The van der Waals surface area contributed by atoms with Gasteiger partial charge in [-0.05, 0) is 90.0 Å². The third kappa shape index (κ3) is 2.66. The van der Waals surface area contributed by atoms with E-state index in [4.69, 9.17) is 0 Å². The lowest BCUT2D eigenvalue weighted by Crippen LogP contribution is -2.91. The standard InChI is InChI=1S/C22H34N2Si2/c1-15-11-17(3)21(18(4)12-15)23-25(7,8)24(26(23,9)10)22-19(5)13-16(2)14-20(22)6/h11-14H,1-10H3.